The van der Waals surface area contributed by atoms with E-state index in [2.05, 4.69) is 0 Å². The molecule has 4 fully saturated rings. The summed E-state index contributed by atoms with van der Waals surface area (Å²) in [5.74, 6) is -6.20. The molecule has 61 heavy (non-hydrogen) atoms. The summed E-state index contributed by atoms with van der Waals surface area (Å²) < 4.78 is 24.7. The van der Waals surface area contributed by atoms with Gasteiger partial charge in [-0.2, -0.15) is 15.2 Å². The Balaban J connectivity index is 1.73. The van der Waals surface area contributed by atoms with Gasteiger partial charge in [-0.3, -0.25) is 19.2 Å². The molecule has 16 heteroatoms. The molecule has 4 saturated heterocycles. The number of carbonyl (C=O) groups is 4. The van der Waals surface area contributed by atoms with Crippen molar-refractivity contribution >= 4 is 23.9 Å². The molecule has 352 valence electrons. The van der Waals surface area contributed by atoms with Gasteiger partial charge in [0.05, 0.1) is 42.9 Å². The number of ether oxygens (including phenoxy) is 4. The van der Waals surface area contributed by atoms with Crippen molar-refractivity contribution in [1.29, 1.82) is 0 Å². The van der Waals surface area contributed by atoms with Crippen LogP contribution in [0, 0.1) is 11.8 Å². The fourth-order valence-corrected chi connectivity index (χ4v) is 11.7. The van der Waals surface area contributed by atoms with Gasteiger partial charge in [0, 0.05) is 84.6 Å². The minimum atomic E-state index is -1.51. The fraction of sp³-hybridized carbons (Fsp3) is 0.911. The fourth-order valence-electron chi connectivity index (χ4n) is 11.7. The van der Waals surface area contributed by atoms with Gasteiger partial charge in [-0.05, 0) is 111 Å². The SMILES string of the molecule is CON1C(C)(C)CC(OC(=O)C(CC(=O)OC2CC(C)(C)N([OH2+])C(C)(C)C2)C(CC(=O)OC2CC(C)(C)N(O)C(C)(C)C2)C(=O)OC2CC(C)(C)N(O)C(C)(C)C2)CC1(C)C. The van der Waals surface area contributed by atoms with Crippen molar-refractivity contribution in [3.05, 3.63) is 0 Å². The zero-order valence-electron chi connectivity index (χ0n) is 40.4. The molecule has 0 amide bonds. The topological polar surface area (TPSA) is 191 Å². The van der Waals surface area contributed by atoms with Crippen LogP contribution in [0.1, 0.15) is 175 Å². The van der Waals surface area contributed by atoms with Gasteiger partial charge >= 0.3 is 23.9 Å². The highest BCUT2D eigenvalue weighted by atomic mass is 16.7. The molecule has 0 saturated carbocycles. The molecule has 2 atom stereocenters. The normalized spacial score (nSPS) is 28.0. The molecule has 0 spiro atoms. The molecular weight excluding hydrogens is 789 g/mol. The highest BCUT2D eigenvalue weighted by Gasteiger charge is 2.53. The Morgan fingerprint density at radius 3 is 1.00 bits per heavy atom. The third-order valence-electron chi connectivity index (χ3n) is 13.6. The predicted molar refractivity (Wildman–Crippen MR) is 227 cm³/mol. The number of hydroxylamine groups is 8. The first-order chi connectivity index (χ1) is 27.5. The zero-order chi connectivity index (χ0) is 46.7. The Labute approximate surface area is 364 Å². The Morgan fingerprint density at radius 1 is 0.475 bits per heavy atom. The van der Waals surface area contributed by atoms with Crippen LogP contribution in [0.4, 0.5) is 0 Å². The van der Waals surface area contributed by atoms with Crippen LogP contribution in [0.3, 0.4) is 0 Å². The third kappa shape index (κ3) is 11.6. The summed E-state index contributed by atoms with van der Waals surface area (Å²) >= 11 is 0. The van der Waals surface area contributed by atoms with Crippen LogP contribution in [-0.2, 0) is 43.0 Å². The number of carbonyl (C=O) groups excluding carboxylic acids is 4. The van der Waals surface area contributed by atoms with Crippen LogP contribution in [0.15, 0.2) is 0 Å². The molecule has 4 heterocycles. The molecule has 4 rings (SSSR count). The molecule has 0 aromatic carbocycles. The molecule has 0 aliphatic carbocycles. The molecular formula is C45H81N4O12+. The van der Waals surface area contributed by atoms with Crippen LogP contribution in [0.2, 0.25) is 0 Å². The first-order valence-electron chi connectivity index (χ1n) is 22.1. The minimum absolute atomic E-state index is 0.263. The first-order valence-corrected chi connectivity index (χ1v) is 22.1. The van der Waals surface area contributed by atoms with E-state index in [1.165, 1.54) is 15.2 Å². The maximum atomic E-state index is 14.8. The van der Waals surface area contributed by atoms with Gasteiger partial charge < -0.3 is 39.4 Å². The Morgan fingerprint density at radius 2 is 0.721 bits per heavy atom. The highest BCUT2D eigenvalue weighted by molar-refractivity contribution is 5.88. The van der Waals surface area contributed by atoms with E-state index >= 15 is 0 Å². The molecule has 4 aliphatic heterocycles. The Hall–Kier alpha value is -2.44. The number of rotatable bonds is 12. The summed E-state index contributed by atoms with van der Waals surface area (Å²) in [4.78, 5) is 63.6. The van der Waals surface area contributed by atoms with Gasteiger partial charge in [0.25, 0.3) is 0 Å². The number of nitrogens with zero attached hydrogens (tertiary/aromatic N) is 4. The van der Waals surface area contributed by atoms with Crippen LogP contribution >= 0.6 is 0 Å². The van der Waals surface area contributed by atoms with E-state index in [1.807, 2.05) is 116 Å². The lowest BCUT2D eigenvalue weighted by Crippen LogP contribution is -2.62. The molecule has 0 radical (unpaired) electrons. The van der Waals surface area contributed by atoms with Crippen molar-refractivity contribution < 1.29 is 58.6 Å². The van der Waals surface area contributed by atoms with E-state index in [9.17, 15) is 29.6 Å². The summed E-state index contributed by atoms with van der Waals surface area (Å²) in [5.41, 5.74) is -5.40. The lowest BCUT2D eigenvalue weighted by Gasteiger charge is -2.52. The predicted octanol–water partition coefficient (Wildman–Crippen LogP) is 6.24. The smallest absolute Gasteiger partial charge is 0.310 e. The molecule has 0 aromatic heterocycles. The van der Waals surface area contributed by atoms with Crippen molar-refractivity contribution in [3.63, 3.8) is 0 Å². The standard InChI is InChI=1S/C45H80N4O12/c1-38(2)20-28(21-39(3,4)46(38)54)58-34(50)18-32(36(52)60-30-24-42(9,10)48(56)43(11,12)25-30)33(19-35(51)59-29-22-40(5,6)47(55)41(7,8)23-29)37(53)61-31-26-44(13,14)49(57-17)45(15,16)27-31/h28-33,54-56H,18-27H2,1-17H3/p+1. The zero-order valence-corrected chi connectivity index (χ0v) is 40.4. The van der Waals surface area contributed by atoms with Crippen molar-refractivity contribution in [3.8, 4) is 0 Å². The first kappa shape index (κ1) is 51.2. The van der Waals surface area contributed by atoms with E-state index in [0.717, 1.165) is 0 Å². The van der Waals surface area contributed by atoms with Gasteiger partial charge in [-0.1, -0.05) is 5.06 Å². The number of hydrogen-bond donors (Lipinski definition) is 2. The molecule has 0 aromatic rings. The second kappa shape index (κ2) is 17.5. The quantitative estimate of drug-likeness (QED) is 0.127. The highest BCUT2D eigenvalue weighted by Crippen LogP contribution is 2.43. The summed E-state index contributed by atoms with van der Waals surface area (Å²) in [6.07, 6.45) is -1.02. The second-order valence-corrected chi connectivity index (χ2v) is 23.5. The van der Waals surface area contributed by atoms with Crippen LogP contribution in [-0.4, -0.2) is 136 Å². The van der Waals surface area contributed by atoms with E-state index in [0.29, 0.717) is 38.5 Å². The second-order valence-electron chi connectivity index (χ2n) is 23.5. The van der Waals surface area contributed by atoms with Gasteiger partial charge in [0.15, 0.2) is 0 Å². The van der Waals surface area contributed by atoms with Crippen LogP contribution in [0.5, 0.6) is 0 Å². The third-order valence-corrected chi connectivity index (χ3v) is 13.6. The van der Waals surface area contributed by atoms with Gasteiger partial charge in [0.1, 0.15) is 24.4 Å². The average molecular weight is 870 g/mol. The van der Waals surface area contributed by atoms with Crippen molar-refractivity contribution in [2.75, 3.05) is 7.11 Å². The molecule has 2 unspecified atom stereocenters. The Bertz CT molecular complexity index is 1550. The molecule has 4 aliphatic rings. The monoisotopic (exact) mass is 870 g/mol. The minimum Gasteiger partial charge on any atom is -0.462 e. The maximum Gasteiger partial charge on any atom is 0.310 e. The van der Waals surface area contributed by atoms with Crippen molar-refractivity contribution in [1.82, 2.24) is 20.3 Å². The van der Waals surface area contributed by atoms with E-state index in [1.54, 1.807) is 7.11 Å². The number of hydrogen-bond acceptors (Lipinski definition) is 15. The molecule has 0 bridgehead atoms. The van der Waals surface area contributed by atoms with E-state index in [4.69, 9.17) is 29.0 Å². The van der Waals surface area contributed by atoms with E-state index < -0.39 is 117 Å². The summed E-state index contributed by atoms with van der Waals surface area (Å²) in [5, 5.41) is 36.6. The maximum absolute atomic E-state index is 14.8. The van der Waals surface area contributed by atoms with Crippen LogP contribution in [0.25, 0.3) is 0 Å². The average Bonchev–Trinajstić information content (AvgIpc) is 3.04. The summed E-state index contributed by atoms with van der Waals surface area (Å²) in [7, 11) is 1.60. The number of esters is 4. The largest absolute Gasteiger partial charge is 0.462 e. The lowest BCUT2D eigenvalue weighted by atomic mass is 9.79. The van der Waals surface area contributed by atoms with Crippen molar-refractivity contribution in [2.24, 2.45) is 11.8 Å². The Kier molecular flexibility index (Phi) is 14.7. The van der Waals surface area contributed by atoms with Gasteiger partial charge in [0.2, 0.25) is 0 Å². The van der Waals surface area contributed by atoms with Crippen LogP contribution < -0.4 is 0 Å². The summed E-state index contributed by atoms with van der Waals surface area (Å²) in [6.45, 7) is 30.3. The van der Waals surface area contributed by atoms with Crippen molar-refractivity contribution in [2.45, 2.75) is 244 Å². The van der Waals surface area contributed by atoms with Gasteiger partial charge in [-0.25, -0.2) is 0 Å². The number of piperidine rings is 4. The van der Waals surface area contributed by atoms with E-state index in [-0.39, 0.29) is 12.8 Å². The molecule has 16 nitrogen and oxygen atoms in total. The summed E-state index contributed by atoms with van der Waals surface area (Å²) in [6, 6.07) is 0. The van der Waals surface area contributed by atoms with Gasteiger partial charge in [-0.15, -0.1) is 0 Å². The lowest BCUT2D eigenvalue weighted by molar-refractivity contribution is -0.278. The molecule has 4 N–H and O–H groups in total.